The van der Waals surface area contributed by atoms with Crippen LogP contribution in [0, 0.1) is 5.92 Å². The van der Waals surface area contributed by atoms with E-state index in [2.05, 4.69) is 25.7 Å². The van der Waals surface area contributed by atoms with Gasteiger partial charge in [0.15, 0.2) is 0 Å². The first-order valence-electron chi connectivity index (χ1n) is 6.26. The van der Waals surface area contributed by atoms with Gasteiger partial charge in [-0.05, 0) is 42.7 Å². The van der Waals surface area contributed by atoms with Gasteiger partial charge in [0, 0.05) is 29.9 Å². The molecule has 0 heterocycles. The molecule has 0 aliphatic carbocycles. The molecule has 0 bridgehead atoms. The molecule has 19 heavy (non-hydrogen) atoms. The van der Waals surface area contributed by atoms with Crippen LogP contribution in [0.2, 0.25) is 5.02 Å². The Bertz CT molecular complexity index is 483. The van der Waals surface area contributed by atoms with Crippen LogP contribution in [0.25, 0.3) is 6.08 Å². The van der Waals surface area contributed by atoms with Crippen LogP contribution in [0.1, 0.15) is 26.3 Å². The number of benzene rings is 1. The molecule has 1 rings (SSSR count). The topological polar surface area (TPSA) is 40.5 Å². The van der Waals surface area contributed by atoms with Crippen LogP contribution < -0.4 is 4.90 Å². The van der Waals surface area contributed by atoms with E-state index in [0.29, 0.717) is 17.0 Å². The maximum absolute atomic E-state index is 10.6. The van der Waals surface area contributed by atoms with E-state index in [1.54, 1.807) is 12.1 Å². The zero-order valence-corrected chi connectivity index (χ0v) is 12.5. The summed E-state index contributed by atoms with van der Waals surface area (Å²) in [4.78, 5) is 12.8. The van der Waals surface area contributed by atoms with E-state index in [0.717, 1.165) is 17.3 Å². The largest absolute Gasteiger partial charge is 0.478 e. The second-order valence-corrected chi connectivity index (χ2v) is 5.41. The van der Waals surface area contributed by atoms with Crippen LogP contribution in [0.4, 0.5) is 5.69 Å². The lowest BCUT2D eigenvalue weighted by molar-refractivity contribution is -0.131. The van der Waals surface area contributed by atoms with Crippen molar-refractivity contribution in [2.24, 2.45) is 5.92 Å². The van der Waals surface area contributed by atoms with Crippen LogP contribution in [-0.4, -0.2) is 24.2 Å². The highest BCUT2D eigenvalue weighted by atomic mass is 35.5. The van der Waals surface area contributed by atoms with Gasteiger partial charge in [0.05, 0.1) is 0 Å². The lowest BCUT2D eigenvalue weighted by atomic mass is 10.0. The van der Waals surface area contributed by atoms with Crippen molar-refractivity contribution in [1.29, 1.82) is 0 Å². The summed E-state index contributed by atoms with van der Waals surface area (Å²) in [5, 5.41) is 9.33. The molecule has 104 valence electrons. The maximum Gasteiger partial charge on any atom is 0.328 e. The number of carbonyl (C=O) groups is 1. The second kappa shape index (κ2) is 6.62. The Hall–Kier alpha value is -1.48. The smallest absolute Gasteiger partial charge is 0.328 e. The minimum Gasteiger partial charge on any atom is -0.478 e. The first kappa shape index (κ1) is 15.6. The number of hydrogen-bond donors (Lipinski definition) is 1. The summed E-state index contributed by atoms with van der Waals surface area (Å²) in [7, 11) is 2.01. The molecule has 1 aromatic rings. The Morgan fingerprint density at radius 1 is 1.37 bits per heavy atom. The third-order valence-electron chi connectivity index (χ3n) is 3.35. The van der Waals surface area contributed by atoms with Gasteiger partial charge >= 0.3 is 5.97 Å². The average molecular weight is 282 g/mol. The summed E-state index contributed by atoms with van der Waals surface area (Å²) in [5.41, 5.74) is 1.79. The van der Waals surface area contributed by atoms with Gasteiger partial charge in [-0.15, -0.1) is 0 Å². The van der Waals surface area contributed by atoms with Gasteiger partial charge < -0.3 is 10.0 Å². The Labute approximate surface area is 119 Å². The minimum atomic E-state index is -0.967. The third kappa shape index (κ3) is 4.28. The Morgan fingerprint density at radius 2 is 2.00 bits per heavy atom. The summed E-state index contributed by atoms with van der Waals surface area (Å²) >= 11 is 5.98. The summed E-state index contributed by atoms with van der Waals surface area (Å²) in [6.07, 6.45) is 2.70. The molecule has 4 heteroatoms. The summed E-state index contributed by atoms with van der Waals surface area (Å²) in [5.74, 6) is -0.470. The molecule has 0 radical (unpaired) electrons. The molecule has 0 aliphatic heterocycles. The zero-order valence-electron chi connectivity index (χ0n) is 11.7. The lowest BCUT2D eigenvalue weighted by Gasteiger charge is -2.31. The van der Waals surface area contributed by atoms with Crippen molar-refractivity contribution >= 4 is 29.3 Å². The molecule has 0 aromatic heterocycles. The fraction of sp³-hybridized carbons (Fsp3) is 0.400. The first-order chi connectivity index (χ1) is 8.82. The van der Waals surface area contributed by atoms with Crippen LogP contribution in [-0.2, 0) is 4.79 Å². The van der Waals surface area contributed by atoms with Gasteiger partial charge in [0.2, 0.25) is 0 Å². The van der Waals surface area contributed by atoms with Gasteiger partial charge in [-0.1, -0.05) is 25.4 Å². The molecule has 0 saturated carbocycles. The molecular formula is C15H20ClNO2. The van der Waals surface area contributed by atoms with E-state index in [1.807, 2.05) is 19.2 Å². The molecule has 0 fully saturated rings. The molecule has 1 atom stereocenters. The van der Waals surface area contributed by atoms with Crippen molar-refractivity contribution < 1.29 is 9.90 Å². The highest BCUT2D eigenvalue weighted by molar-refractivity contribution is 6.30. The normalized spacial score (nSPS) is 12.9. The average Bonchev–Trinajstić information content (AvgIpc) is 2.34. The SMILES string of the molecule is CC(C)C(C)N(C)c1ccc(Cl)cc1/C=C/C(=O)O. The van der Waals surface area contributed by atoms with E-state index in [-0.39, 0.29) is 0 Å². The number of carboxylic acids is 1. The monoisotopic (exact) mass is 281 g/mol. The molecule has 1 unspecified atom stereocenters. The second-order valence-electron chi connectivity index (χ2n) is 4.97. The number of anilines is 1. The summed E-state index contributed by atoms with van der Waals surface area (Å²) in [6, 6.07) is 5.86. The Morgan fingerprint density at radius 3 is 2.53 bits per heavy atom. The molecule has 3 nitrogen and oxygen atoms in total. The number of aliphatic carboxylic acids is 1. The number of nitrogens with zero attached hydrogens (tertiary/aromatic N) is 1. The van der Waals surface area contributed by atoms with E-state index in [1.165, 1.54) is 0 Å². The van der Waals surface area contributed by atoms with E-state index >= 15 is 0 Å². The molecule has 1 N–H and O–H groups in total. The first-order valence-corrected chi connectivity index (χ1v) is 6.64. The minimum absolute atomic E-state index is 0.346. The highest BCUT2D eigenvalue weighted by Crippen LogP contribution is 2.27. The quantitative estimate of drug-likeness (QED) is 0.832. The van der Waals surface area contributed by atoms with E-state index in [4.69, 9.17) is 16.7 Å². The van der Waals surface area contributed by atoms with Crippen LogP contribution >= 0.6 is 11.6 Å². The van der Waals surface area contributed by atoms with Gasteiger partial charge in [-0.25, -0.2) is 4.79 Å². The van der Waals surface area contributed by atoms with E-state index in [9.17, 15) is 4.79 Å². The zero-order chi connectivity index (χ0) is 14.6. The van der Waals surface area contributed by atoms with Gasteiger partial charge in [0.25, 0.3) is 0 Å². The van der Waals surface area contributed by atoms with Crippen molar-refractivity contribution in [3.8, 4) is 0 Å². The Kier molecular flexibility index (Phi) is 5.43. The van der Waals surface area contributed by atoms with Crippen molar-refractivity contribution in [1.82, 2.24) is 0 Å². The molecule has 0 aliphatic rings. The number of hydrogen-bond acceptors (Lipinski definition) is 2. The fourth-order valence-corrected chi connectivity index (χ4v) is 1.99. The van der Waals surface area contributed by atoms with Gasteiger partial charge in [-0.2, -0.15) is 0 Å². The molecule has 0 amide bonds. The predicted octanol–water partition coefficient (Wildman–Crippen LogP) is 3.92. The Balaban J connectivity index is 3.16. The number of carboxylic acid groups (broad SMARTS) is 1. The number of halogens is 1. The fourth-order valence-electron chi connectivity index (χ4n) is 1.81. The van der Waals surface area contributed by atoms with Crippen LogP contribution in [0.5, 0.6) is 0 Å². The highest BCUT2D eigenvalue weighted by Gasteiger charge is 2.15. The van der Waals surface area contributed by atoms with Crippen molar-refractivity contribution in [2.75, 3.05) is 11.9 Å². The van der Waals surface area contributed by atoms with Crippen LogP contribution in [0.15, 0.2) is 24.3 Å². The lowest BCUT2D eigenvalue weighted by Crippen LogP contribution is -2.33. The summed E-state index contributed by atoms with van der Waals surface area (Å²) in [6.45, 7) is 6.46. The maximum atomic E-state index is 10.6. The van der Waals surface area contributed by atoms with Crippen molar-refractivity contribution in [3.05, 3.63) is 34.9 Å². The number of rotatable bonds is 5. The molecular weight excluding hydrogens is 262 g/mol. The predicted molar refractivity (Wildman–Crippen MR) is 80.8 cm³/mol. The molecule has 0 spiro atoms. The van der Waals surface area contributed by atoms with E-state index < -0.39 is 5.97 Å². The molecule has 1 aromatic carbocycles. The van der Waals surface area contributed by atoms with Gasteiger partial charge in [0.1, 0.15) is 0 Å². The van der Waals surface area contributed by atoms with Crippen molar-refractivity contribution in [3.63, 3.8) is 0 Å². The third-order valence-corrected chi connectivity index (χ3v) is 3.59. The standard InChI is InChI=1S/C15H20ClNO2/c1-10(2)11(3)17(4)14-7-6-13(16)9-12(14)5-8-15(18)19/h5-11H,1-4H3,(H,18,19)/b8-5+. The molecule has 0 saturated heterocycles. The summed E-state index contributed by atoms with van der Waals surface area (Å²) < 4.78 is 0. The van der Waals surface area contributed by atoms with Crippen molar-refractivity contribution in [2.45, 2.75) is 26.8 Å². The van der Waals surface area contributed by atoms with Crippen LogP contribution in [0.3, 0.4) is 0 Å². The van der Waals surface area contributed by atoms with Gasteiger partial charge in [-0.3, -0.25) is 0 Å².